The van der Waals surface area contributed by atoms with Crippen LogP contribution in [0.4, 0.5) is 11.4 Å². The summed E-state index contributed by atoms with van der Waals surface area (Å²) >= 11 is 0. The van der Waals surface area contributed by atoms with E-state index in [2.05, 4.69) is 61.7 Å². The monoisotopic (exact) mass is 310 g/mol. The molecule has 0 aliphatic carbocycles. The van der Waals surface area contributed by atoms with Crippen molar-refractivity contribution in [2.45, 2.75) is 40.0 Å². The van der Waals surface area contributed by atoms with Gasteiger partial charge in [0.1, 0.15) is 0 Å². The van der Waals surface area contributed by atoms with E-state index in [9.17, 15) is 4.79 Å². The van der Waals surface area contributed by atoms with E-state index in [0.29, 0.717) is 13.0 Å². The summed E-state index contributed by atoms with van der Waals surface area (Å²) in [6, 6.07) is 14.4. The quantitative estimate of drug-likeness (QED) is 0.787. The summed E-state index contributed by atoms with van der Waals surface area (Å²) in [4.78, 5) is 12.3. The molecule has 23 heavy (non-hydrogen) atoms. The summed E-state index contributed by atoms with van der Waals surface area (Å²) in [5.41, 5.74) is 5.66. The molecule has 0 aromatic heterocycles. The first kappa shape index (κ1) is 17.1. The summed E-state index contributed by atoms with van der Waals surface area (Å²) in [7, 11) is 0. The van der Waals surface area contributed by atoms with Gasteiger partial charge in [-0.05, 0) is 48.6 Å². The molecule has 0 aliphatic heterocycles. The zero-order chi connectivity index (χ0) is 16.7. The summed E-state index contributed by atoms with van der Waals surface area (Å²) in [5.74, 6) is 0.0563. The van der Waals surface area contributed by atoms with E-state index < -0.39 is 0 Å². The maximum Gasteiger partial charge on any atom is 0.226 e. The number of anilines is 2. The van der Waals surface area contributed by atoms with Gasteiger partial charge in [0.15, 0.2) is 0 Å². The van der Waals surface area contributed by atoms with Crippen LogP contribution in [0.15, 0.2) is 42.5 Å². The number of benzene rings is 2. The van der Waals surface area contributed by atoms with E-state index in [0.717, 1.165) is 24.2 Å². The number of hydrogen-bond donors (Lipinski definition) is 2. The van der Waals surface area contributed by atoms with Crippen molar-refractivity contribution in [3.05, 3.63) is 59.2 Å². The molecule has 0 unspecified atom stereocenters. The van der Waals surface area contributed by atoms with Gasteiger partial charge in [-0.25, -0.2) is 0 Å². The van der Waals surface area contributed by atoms with E-state index >= 15 is 0 Å². The number of carbonyl (C=O) groups is 1. The van der Waals surface area contributed by atoms with Crippen LogP contribution in [0.5, 0.6) is 0 Å². The topological polar surface area (TPSA) is 41.1 Å². The average molecular weight is 310 g/mol. The molecule has 3 nitrogen and oxygen atoms in total. The molecule has 1 amide bonds. The van der Waals surface area contributed by atoms with Crippen LogP contribution in [0.3, 0.4) is 0 Å². The number of amides is 1. The second-order valence-electron chi connectivity index (χ2n) is 5.75. The third kappa shape index (κ3) is 4.85. The van der Waals surface area contributed by atoms with Crippen molar-refractivity contribution in [2.24, 2.45) is 0 Å². The van der Waals surface area contributed by atoms with Crippen molar-refractivity contribution < 1.29 is 4.79 Å². The molecule has 0 saturated heterocycles. The van der Waals surface area contributed by atoms with Gasteiger partial charge in [-0.3, -0.25) is 4.79 Å². The maximum absolute atomic E-state index is 12.3. The first-order chi connectivity index (χ1) is 11.1. The Hall–Kier alpha value is -2.29. The van der Waals surface area contributed by atoms with Crippen LogP contribution in [0, 0.1) is 6.92 Å². The zero-order valence-electron chi connectivity index (χ0n) is 14.3. The van der Waals surface area contributed by atoms with Gasteiger partial charge in [0.05, 0.1) is 0 Å². The molecule has 2 aromatic carbocycles. The predicted molar refractivity (Wildman–Crippen MR) is 98.1 cm³/mol. The molecule has 0 bridgehead atoms. The molecule has 2 aromatic rings. The van der Waals surface area contributed by atoms with Crippen LogP contribution in [0.1, 0.15) is 37.0 Å². The van der Waals surface area contributed by atoms with Crippen molar-refractivity contribution in [1.29, 1.82) is 0 Å². The molecule has 0 aliphatic rings. The van der Waals surface area contributed by atoms with Crippen LogP contribution >= 0.6 is 0 Å². The minimum atomic E-state index is 0.0563. The normalized spacial score (nSPS) is 10.4. The summed E-state index contributed by atoms with van der Waals surface area (Å²) < 4.78 is 0. The molecule has 0 fully saturated rings. The Morgan fingerprint density at radius 1 is 1.00 bits per heavy atom. The fourth-order valence-corrected chi connectivity index (χ4v) is 2.68. The van der Waals surface area contributed by atoms with Gasteiger partial charge in [0, 0.05) is 24.3 Å². The molecule has 2 N–H and O–H groups in total. The molecule has 122 valence electrons. The van der Waals surface area contributed by atoms with Crippen LogP contribution in [0.25, 0.3) is 0 Å². The highest BCUT2D eigenvalue weighted by atomic mass is 16.1. The minimum Gasteiger partial charge on any atom is -0.385 e. The van der Waals surface area contributed by atoms with E-state index in [4.69, 9.17) is 0 Å². The maximum atomic E-state index is 12.3. The molecular formula is C20H26N2O. The zero-order valence-corrected chi connectivity index (χ0v) is 14.3. The third-order valence-electron chi connectivity index (χ3n) is 3.96. The van der Waals surface area contributed by atoms with E-state index in [1.54, 1.807) is 0 Å². The number of hydrogen-bond acceptors (Lipinski definition) is 2. The standard InChI is InChI=1S/C20H26N2O/c1-4-16-9-7-10-17(5-2)20(16)22-19(23)12-13-21-18-11-6-8-15(3)14-18/h6-11,14,21H,4-5,12-13H2,1-3H3,(H,22,23). The first-order valence-corrected chi connectivity index (χ1v) is 8.35. The molecule has 2 rings (SSSR count). The summed E-state index contributed by atoms with van der Waals surface area (Å²) in [6.45, 7) is 6.92. The highest BCUT2D eigenvalue weighted by Gasteiger charge is 2.09. The molecule has 0 spiro atoms. The number of aryl methyl sites for hydroxylation is 3. The molecule has 0 radical (unpaired) electrons. The Morgan fingerprint density at radius 3 is 2.26 bits per heavy atom. The van der Waals surface area contributed by atoms with Gasteiger partial charge in [-0.1, -0.05) is 44.2 Å². The average Bonchev–Trinajstić information content (AvgIpc) is 2.55. The van der Waals surface area contributed by atoms with E-state index in [1.165, 1.54) is 16.7 Å². The molecular weight excluding hydrogens is 284 g/mol. The lowest BCUT2D eigenvalue weighted by molar-refractivity contribution is -0.115. The Kier molecular flexibility index (Phi) is 6.21. The fourth-order valence-electron chi connectivity index (χ4n) is 2.68. The SMILES string of the molecule is CCc1cccc(CC)c1NC(=O)CCNc1cccc(C)c1. The number of nitrogens with one attached hydrogen (secondary N) is 2. The number of para-hydroxylation sites is 1. The minimum absolute atomic E-state index is 0.0563. The predicted octanol–water partition coefficient (Wildman–Crippen LogP) is 4.56. The van der Waals surface area contributed by atoms with Gasteiger partial charge in [-0.15, -0.1) is 0 Å². The summed E-state index contributed by atoms with van der Waals surface area (Å²) in [6.07, 6.45) is 2.30. The van der Waals surface area contributed by atoms with Crippen molar-refractivity contribution in [1.82, 2.24) is 0 Å². The van der Waals surface area contributed by atoms with Crippen LogP contribution in [0.2, 0.25) is 0 Å². The van der Waals surface area contributed by atoms with Crippen molar-refractivity contribution in [3.63, 3.8) is 0 Å². The van der Waals surface area contributed by atoms with Crippen LogP contribution < -0.4 is 10.6 Å². The Labute approximate surface area is 139 Å². The second kappa shape index (κ2) is 8.37. The second-order valence-corrected chi connectivity index (χ2v) is 5.75. The first-order valence-electron chi connectivity index (χ1n) is 8.35. The van der Waals surface area contributed by atoms with Gasteiger partial charge in [0.25, 0.3) is 0 Å². The lowest BCUT2D eigenvalue weighted by Gasteiger charge is -2.14. The molecule has 0 atom stereocenters. The largest absolute Gasteiger partial charge is 0.385 e. The van der Waals surface area contributed by atoms with Crippen LogP contribution in [-0.2, 0) is 17.6 Å². The van der Waals surface area contributed by atoms with E-state index in [1.807, 2.05) is 12.1 Å². The Morgan fingerprint density at radius 2 is 1.65 bits per heavy atom. The Balaban J connectivity index is 1.92. The molecule has 0 saturated carbocycles. The van der Waals surface area contributed by atoms with Gasteiger partial charge in [-0.2, -0.15) is 0 Å². The molecule has 3 heteroatoms. The van der Waals surface area contributed by atoms with Crippen LogP contribution in [-0.4, -0.2) is 12.5 Å². The highest BCUT2D eigenvalue weighted by Crippen LogP contribution is 2.22. The third-order valence-corrected chi connectivity index (χ3v) is 3.96. The van der Waals surface area contributed by atoms with Crippen molar-refractivity contribution >= 4 is 17.3 Å². The van der Waals surface area contributed by atoms with Crippen molar-refractivity contribution in [2.75, 3.05) is 17.2 Å². The fraction of sp³-hybridized carbons (Fsp3) is 0.350. The van der Waals surface area contributed by atoms with Gasteiger partial charge < -0.3 is 10.6 Å². The lowest BCUT2D eigenvalue weighted by Crippen LogP contribution is -2.18. The van der Waals surface area contributed by atoms with E-state index in [-0.39, 0.29) is 5.91 Å². The number of rotatable bonds is 7. The highest BCUT2D eigenvalue weighted by molar-refractivity contribution is 5.92. The van der Waals surface area contributed by atoms with Gasteiger partial charge in [0.2, 0.25) is 5.91 Å². The number of carbonyl (C=O) groups excluding carboxylic acids is 1. The Bertz CT molecular complexity index is 642. The summed E-state index contributed by atoms with van der Waals surface area (Å²) in [5, 5.41) is 6.40. The smallest absolute Gasteiger partial charge is 0.226 e. The molecule has 0 heterocycles. The lowest BCUT2D eigenvalue weighted by atomic mass is 10.0. The van der Waals surface area contributed by atoms with Gasteiger partial charge >= 0.3 is 0 Å². The van der Waals surface area contributed by atoms with Crippen molar-refractivity contribution in [3.8, 4) is 0 Å².